The molecule has 2 aromatic carbocycles. The Morgan fingerprint density at radius 1 is 0.914 bits per heavy atom. The van der Waals surface area contributed by atoms with E-state index in [0.29, 0.717) is 35.2 Å². The molecular weight excluding hydrogens is 470 g/mol. The fourth-order valence-electron chi connectivity index (χ4n) is 3.51. The van der Waals surface area contributed by atoms with Gasteiger partial charge in [0.05, 0.1) is 32.8 Å². The summed E-state index contributed by atoms with van der Waals surface area (Å²) in [5.74, 6) is 1.80. The van der Waals surface area contributed by atoms with E-state index in [4.69, 9.17) is 14.2 Å². The van der Waals surface area contributed by atoms with E-state index >= 15 is 0 Å². The van der Waals surface area contributed by atoms with Gasteiger partial charge in [-0.2, -0.15) is 0 Å². The monoisotopic (exact) mass is 499 g/mol. The number of hydrogen-bond acceptors (Lipinski definition) is 8. The first kappa shape index (κ1) is 26.0. The number of pyridine rings is 1. The fraction of sp³-hybridized carbons (Fsp3) is 0.280. The van der Waals surface area contributed by atoms with Gasteiger partial charge in [-0.25, -0.2) is 17.7 Å². The highest BCUT2D eigenvalue weighted by Crippen LogP contribution is 2.38. The molecule has 0 unspecified atom stereocenters. The third-order valence-electron chi connectivity index (χ3n) is 5.34. The predicted molar refractivity (Wildman–Crippen MR) is 133 cm³/mol. The van der Waals surface area contributed by atoms with Crippen LogP contribution in [0.4, 0.5) is 5.82 Å². The molecule has 186 valence electrons. The largest absolute Gasteiger partial charge is 0.493 e. The normalized spacial score (nSPS) is 11.3. The van der Waals surface area contributed by atoms with Crippen molar-refractivity contribution in [3.8, 4) is 17.2 Å². The first-order chi connectivity index (χ1) is 16.7. The number of ether oxygens (including phenoxy) is 3. The molecule has 1 heterocycles. The van der Waals surface area contributed by atoms with Gasteiger partial charge < -0.3 is 19.1 Å². The standard InChI is InChI=1S/C25H29N3O6S/c1-27(2)35(30,31)20-10-8-9-19(15-20)21(29)17-28(24-11-6-7-12-26-24)16-18-13-22(32-3)25(34-5)23(14-18)33-4/h6-15H,16-17H2,1-5H3. The van der Waals surface area contributed by atoms with E-state index in [-0.39, 0.29) is 17.2 Å². The van der Waals surface area contributed by atoms with Crippen LogP contribution in [0, 0.1) is 0 Å². The van der Waals surface area contributed by atoms with Crippen molar-refractivity contribution in [2.24, 2.45) is 0 Å². The predicted octanol–water partition coefficient (Wildman–Crippen LogP) is 3.25. The van der Waals surface area contributed by atoms with Gasteiger partial charge in [0.15, 0.2) is 17.3 Å². The Morgan fingerprint density at radius 3 is 2.14 bits per heavy atom. The van der Waals surface area contributed by atoms with Crippen LogP contribution in [0.1, 0.15) is 15.9 Å². The fourth-order valence-corrected chi connectivity index (χ4v) is 4.46. The smallest absolute Gasteiger partial charge is 0.242 e. The van der Waals surface area contributed by atoms with Gasteiger partial charge in [-0.3, -0.25) is 4.79 Å². The van der Waals surface area contributed by atoms with Gasteiger partial charge >= 0.3 is 0 Å². The third kappa shape index (κ3) is 5.90. The number of nitrogens with zero attached hydrogens (tertiary/aromatic N) is 3. The van der Waals surface area contributed by atoms with Crippen molar-refractivity contribution in [2.45, 2.75) is 11.4 Å². The molecule has 35 heavy (non-hydrogen) atoms. The lowest BCUT2D eigenvalue weighted by Gasteiger charge is -2.24. The van der Waals surface area contributed by atoms with Crippen LogP contribution in [0.2, 0.25) is 0 Å². The number of carbonyl (C=O) groups is 1. The third-order valence-corrected chi connectivity index (χ3v) is 7.15. The summed E-state index contributed by atoms with van der Waals surface area (Å²) in [5, 5.41) is 0. The van der Waals surface area contributed by atoms with E-state index in [9.17, 15) is 13.2 Å². The molecule has 0 aliphatic rings. The van der Waals surface area contributed by atoms with Gasteiger partial charge in [-0.15, -0.1) is 0 Å². The molecule has 1 aromatic heterocycles. The Labute approximate surface area is 205 Å². The first-order valence-electron chi connectivity index (χ1n) is 10.7. The minimum Gasteiger partial charge on any atom is -0.493 e. The molecule has 0 spiro atoms. The van der Waals surface area contributed by atoms with Gasteiger partial charge in [-0.1, -0.05) is 18.2 Å². The molecule has 0 aliphatic carbocycles. The molecule has 0 atom stereocenters. The second kappa shape index (κ2) is 11.2. The quantitative estimate of drug-likeness (QED) is 0.371. The van der Waals surface area contributed by atoms with E-state index < -0.39 is 10.0 Å². The zero-order chi connectivity index (χ0) is 25.6. The van der Waals surface area contributed by atoms with E-state index in [2.05, 4.69) is 4.98 Å². The van der Waals surface area contributed by atoms with E-state index in [0.717, 1.165) is 9.87 Å². The van der Waals surface area contributed by atoms with Crippen LogP contribution in [-0.2, 0) is 16.6 Å². The van der Waals surface area contributed by atoms with Crippen molar-refractivity contribution in [3.63, 3.8) is 0 Å². The minimum absolute atomic E-state index is 0.0286. The van der Waals surface area contributed by atoms with Gasteiger partial charge in [0, 0.05) is 32.4 Å². The molecule has 0 bridgehead atoms. The summed E-state index contributed by atoms with van der Waals surface area (Å²) in [7, 11) is 3.83. The zero-order valence-electron chi connectivity index (χ0n) is 20.4. The molecule has 9 nitrogen and oxygen atoms in total. The summed E-state index contributed by atoms with van der Waals surface area (Å²) >= 11 is 0. The van der Waals surface area contributed by atoms with Crippen molar-refractivity contribution in [1.29, 1.82) is 0 Å². The summed E-state index contributed by atoms with van der Waals surface area (Å²) in [6.07, 6.45) is 1.65. The van der Waals surface area contributed by atoms with E-state index in [1.807, 2.05) is 18.2 Å². The molecule has 3 aromatic rings. The Kier molecular flexibility index (Phi) is 8.31. The SMILES string of the molecule is COc1cc(CN(CC(=O)c2cccc(S(=O)(=O)N(C)C)c2)c2ccccn2)cc(OC)c1OC. The molecule has 0 fully saturated rings. The van der Waals surface area contributed by atoms with E-state index in [1.165, 1.54) is 47.6 Å². The Bertz CT molecular complexity index is 1250. The second-order valence-corrected chi connectivity index (χ2v) is 9.97. The lowest BCUT2D eigenvalue weighted by atomic mass is 10.1. The second-order valence-electron chi connectivity index (χ2n) is 7.82. The molecule has 0 N–H and O–H groups in total. The first-order valence-corrected chi connectivity index (χ1v) is 12.2. The number of benzene rings is 2. The average molecular weight is 500 g/mol. The maximum Gasteiger partial charge on any atom is 0.242 e. The lowest BCUT2D eigenvalue weighted by molar-refractivity contribution is 0.0998. The number of anilines is 1. The van der Waals surface area contributed by atoms with Gasteiger partial charge in [0.2, 0.25) is 15.8 Å². The molecule has 0 amide bonds. The molecule has 10 heteroatoms. The van der Waals surface area contributed by atoms with Crippen LogP contribution in [0.5, 0.6) is 17.2 Å². The number of aromatic nitrogens is 1. The van der Waals surface area contributed by atoms with Crippen LogP contribution in [0.3, 0.4) is 0 Å². The van der Waals surface area contributed by atoms with Crippen molar-refractivity contribution < 1.29 is 27.4 Å². The van der Waals surface area contributed by atoms with Gasteiger partial charge in [0.1, 0.15) is 5.82 Å². The summed E-state index contributed by atoms with van der Waals surface area (Å²) in [5.41, 5.74) is 1.10. The molecule has 3 rings (SSSR count). The number of ketones is 1. The highest BCUT2D eigenvalue weighted by molar-refractivity contribution is 7.89. The summed E-state index contributed by atoms with van der Waals surface area (Å²) < 4.78 is 42.5. The summed E-state index contributed by atoms with van der Waals surface area (Å²) in [6, 6.07) is 15.1. The Morgan fingerprint density at radius 2 is 1.60 bits per heavy atom. The lowest BCUT2D eigenvalue weighted by Crippen LogP contribution is -2.30. The summed E-state index contributed by atoms with van der Waals surface area (Å²) in [6.45, 7) is 0.286. The molecular formula is C25H29N3O6S. The molecule has 0 saturated heterocycles. The maximum atomic E-state index is 13.3. The van der Waals surface area contributed by atoms with Crippen molar-refractivity contribution in [3.05, 3.63) is 71.9 Å². The van der Waals surface area contributed by atoms with Crippen LogP contribution in [-0.4, -0.2) is 65.5 Å². The zero-order valence-corrected chi connectivity index (χ0v) is 21.2. The number of sulfonamides is 1. The minimum atomic E-state index is -3.67. The van der Waals surface area contributed by atoms with Crippen molar-refractivity contribution in [1.82, 2.24) is 9.29 Å². The molecule has 0 saturated carbocycles. The Hall–Kier alpha value is -3.63. The maximum absolute atomic E-state index is 13.3. The number of Topliss-reactive ketones (excluding diaryl/α,β-unsaturated/α-hetero) is 1. The number of rotatable bonds is 11. The van der Waals surface area contributed by atoms with Crippen LogP contribution in [0.15, 0.2) is 65.7 Å². The summed E-state index contributed by atoms with van der Waals surface area (Å²) in [4.78, 5) is 19.5. The highest BCUT2D eigenvalue weighted by Gasteiger charge is 2.21. The number of carbonyl (C=O) groups excluding carboxylic acids is 1. The number of methoxy groups -OCH3 is 3. The van der Waals surface area contributed by atoms with Crippen LogP contribution in [0.25, 0.3) is 0 Å². The van der Waals surface area contributed by atoms with Crippen LogP contribution >= 0.6 is 0 Å². The highest BCUT2D eigenvalue weighted by atomic mass is 32.2. The topological polar surface area (TPSA) is 98.3 Å². The van der Waals surface area contributed by atoms with Gasteiger partial charge in [-0.05, 0) is 42.0 Å². The Balaban J connectivity index is 1.95. The molecule has 0 aliphatic heterocycles. The average Bonchev–Trinajstić information content (AvgIpc) is 2.88. The molecule has 0 radical (unpaired) electrons. The number of hydrogen-bond donors (Lipinski definition) is 0. The van der Waals surface area contributed by atoms with Crippen LogP contribution < -0.4 is 19.1 Å². The van der Waals surface area contributed by atoms with Gasteiger partial charge in [0.25, 0.3) is 0 Å². The van der Waals surface area contributed by atoms with Crippen molar-refractivity contribution in [2.75, 3.05) is 46.9 Å². The van der Waals surface area contributed by atoms with E-state index in [1.54, 1.807) is 35.4 Å². The van der Waals surface area contributed by atoms with Crippen molar-refractivity contribution >= 4 is 21.6 Å².